The first-order valence-corrected chi connectivity index (χ1v) is 8.94. The molecule has 116 valence electrons. The highest BCUT2D eigenvalue weighted by Gasteiger charge is 2.17. The molecule has 21 heavy (non-hydrogen) atoms. The Labute approximate surface area is 132 Å². The first-order valence-electron chi connectivity index (χ1n) is 6.60. The summed E-state index contributed by atoms with van der Waals surface area (Å²) in [5.74, 6) is -0.328. The Morgan fingerprint density at radius 3 is 2.86 bits per heavy atom. The molecule has 0 radical (unpaired) electrons. The number of nitrogens with one attached hydrogen (secondary N) is 1. The molecule has 1 saturated heterocycles. The molecule has 6 nitrogen and oxygen atoms in total. The summed E-state index contributed by atoms with van der Waals surface area (Å²) in [6.45, 7) is 1.27. The molecule has 0 spiro atoms. The molecular formula is C13H17BrN2O4S. The second kappa shape index (κ2) is 6.87. The number of sulfonamides is 1. The van der Waals surface area contributed by atoms with Gasteiger partial charge in [0.25, 0.3) is 5.91 Å². The van der Waals surface area contributed by atoms with Crippen molar-refractivity contribution in [3.63, 3.8) is 0 Å². The maximum Gasteiger partial charge on any atom is 0.251 e. The third-order valence-electron chi connectivity index (χ3n) is 3.28. The maximum absolute atomic E-state index is 12.0. The van der Waals surface area contributed by atoms with Gasteiger partial charge in [-0.25, -0.2) is 13.6 Å². The minimum absolute atomic E-state index is 0.103. The molecule has 0 aliphatic carbocycles. The van der Waals surface area contributed by atoms with Gasteiger partial charge in [0.15, 0.2) is 0 Å². The lowest BCUT2D eigenvalue weighted by molar-refractivity contribution is 0.0907. The van der Waals surface area contributed by atoms with Gasteiger partial charge in [0, 0.05) is 23.2 Å². The van der Waals surface area contributed by atoms with E-state index < -0.39 is 10.0 Å². The molecule has 0 aromatic heterocycles. The number of nitrogens with two attached hydrogens (primary N) is 1. The highest BCUT2D eigenvalue weighted by atomic mass is 79.9. The number of carbonyl (C=O) groups excluding carboxylic acids is 1. The minimum Gasteiger partial charge on any atom is -0.378 e. The van der Waals surface area contributed by atoms with Gasteiger partial charge in [0.05, 0.1) is 11.0 Å². The summed E-state index contributed by atoms with van der Waals surface area (Å²) in [7, 11) is -3.87. The molecule has 1 fully saturated rings. The number of amides is 1. The fourth-order valence-corrected chi connectivity index (χ4v) is 3.74. The van der Waals surface area contributed by atoms with Crippen molar-refractivity contribution in [1.29, 1.82) is 0 Å². The van der Waals surface area contributed by atoms with E-state index in [1.165, 1.54) is 12.1 Å². The van der Waals surface area contributed by atoms with E-state index in [9.17, 15) is 13.2 Å². The topological polar surface area (TPSA) is 98.5 Å². The third kappa shape index (κ3) is 4.50. The predicted octanol–water partition coefficient (Wildman–Crippen LogP) is 1.40. The van der Waals surface area contributed by atoms with Crippen LogP contribution in [0.5, 0.6) is 0 Å². The quantitative estimate of drug-likeness (QED) is 0.810. The zero-order valence-corrected chi connectivity index (χ0v) is 13.7. The summed E-state index contributed by atoms with van der Waals surface area (Å²) in [6.07, 6.45) is 3.03. The van der Waals surface area contributed by atoms with E-state index in [1.807, 2.05) is 0 Å². The van der Waals surface area contributed by atoms with Gasteiger partial charge in [-0.15, -0.1) is 0 Å². The molecule has 1 aromatic rings. The summed E-state index contributed by atoms with van der Waals surface area (Å²) in [5, 5.41) is 7.86. The van der Waals surface area contributed by atoms with Crippen LogP contribution in [0.15, 0.2) is 27.6 Å². The molecule has 1 aromatic carbocycles. The lowest BCUT2D eigenvalue weighted by Gasteiger charge is -2.11. The monoisotopic (exact) mass is 376 g/mol. The van der Waals surface area contributed by atoms with Crippen molar-refractivity contribution in [3.8, 4) is 0 Å². The molecule has 0 bridgehead atoms. The number of carbonyl (C=O) groups is 1. The van der Waals surface area contributed by atoms with E-state index in [0.717, 1.165) is 25.9 Å². The Morgan fingerprint density at radius 1 is 1.48 bits per heavy atom. The van der Waals surface area contributed by atoms with Gasteiger partial charge in [-0.2, -0.15) is 0 Å². The Kier molecular flexibility index (Phi) is 5.37. The summed E-state index contributed by atoms with van der Waals surface area (Å²) in [5.41, 5.74) is 0.259. The van der Waals surface area contributed by atoms with Crippen molar-refractivity contribution in [2.45, 2.75) is 30.3 Å². The second-order valence-electron chi connectivity index (χ2n) is 4.87. The van der Waals surface area contributed by atoms with Gasteiger partial charge < -0.3 is 10.1 Å². The molecule has 1 amide bonds. The van der Waals surface area contributed by atoms with Gasteiger partial charge in [0.2, 0.25) is 10.0 Å². The first-order chi connectivity index (χ1) is 9.88. The van der Waals surface area contributed by atoms with Crippen LogP contribution in [0.1, 0.15) is 29.6 Å². The van der Waals surface area contributed by atoms with E-state index in [0.29, 0.717) is 11.0 Å². The van der Waals surface area contributed by atoms with Gasteiger partial charge in [-0.1, -0.05) is 0 Å². The number of primary sulfonamides is 1. The van der Waals surface area contributed by atoms with Crippen molar-refractivity contribution < 1.29 is 17.9 Å². The van der Waals surface area contributed by atoms with Crippen molar-refractivity contribution >= 4 is 31.9 Å². The molecule has 1 unspecified atom stereocenters. The molecule has 8 heteroatoms. The summed E-state index contributed by atoms with van der Waals surface area (Å²) in [6, 6.07) is 4.30. The van der Waals surface area contributed by atoms with Crippen LogP contribution in [-0.4, -0.2) is 33.6 Å². The molecule has 2 rings (SSSR count). The average Bonchev–Trinajstić information content (AvgIpc) is 2.91. The summed E-state index contributed by atoms with van der Waals surface area (Å²) >= 11 is 3.11. The Balaban J connectivity index is 1.99. The average molecular weight is 377 g/mol. The number of hydrogen-bond acceptors (Lipinski definition) is 4. The highest BCUT2D eigenvalue weighted by Crippen LogP contribution is 2.22. The fraction of sp³-hybridized carbons (Fsp3) is 0.462. The van der Waals surface area contributed by atoms with Crippen LogP contribution in [0.3, 0.4) is 0 Å². The van der Waals surface area contributed by atoms with Crippen molar-refractivity contribution in [3.05, 3.63) is 28.2 Å². The van der Waals surface area contributed by atoms with Gasteiger partial charge in [-0.05, 0) is 53.4 Å². The zero-order valence-electron chi connectivity index (χ0n) is 11.3. The molecule has 3 N–H and O–H groups in total. The number of ether oxygens (including phenoxy) is 1. The van der Waals surface area contributed by atoms with Crippen LogP contribution in [0.2, 0.25) is 0 Å². The summed E-state index contributed by atoms with van der Waals surface area (Å²) < 4.78 is 28.6. The zero-order chi connectivity index (χ0) is 15.5. The SMILES string of the molecule is NS(=O)(=O)c1cc(C(=O)NCCC2CCCO2)ccc1Br. The normalized spacial score (nSPS) is 18.7. The second-order valence-corrected chi connectivity index (χ2v) is 7.25. The number of benzene rings is 1. The number of hydrogen-bond donors (Lipinski definition) is 2. The molecule has 1 aliphatic heterocycles. The lowest BCUT2D eigenvalue weighted by atomic mass is 10.1. The molecular weight excluding hydrogens is 360 g/mol. The van der Waals surface area contributed by atoms with E-state index in [2.05, 4.69) is 21.2 Å². The van der Waals surface area contributed by atoms with Crippen molar-refractivity contribution in [2.24, 2.45) is 5.14 Å². The van der Waals surface area contributed by atoms with Crippen molar-refractivity contribution in [1.82, 2.24) is 5.32 Å². The van der Waals surface area contributed by atoms with Crippen LogP contribution in [0.25, 0.3) is 0 Å². The van der Waals surface area contributed by atoms with E-state index in [4.69, 9.17) is 9.88 Å². The maximum atomic E-state index is 12.0. The van der Waals surface area contributed by atoms with Crippen LogP contribution in [-0.2, 0) is 14.8 Å². The Bertz CT molecular complexity index is 627. The molecule has 0 saturated carbocycles. The predicted molar refractivity (Wildman–Crippen MR) is 81.4 cm³/mol. The standard InChI is InChI=1S/C13H17BrN2O4S/c14-11-4-3-9(8-12(11)21(15,18)19)13(17)16-6-5-10-2-1-7-20-10/h3-4,8,10H,1-2,5-7H2,(H,16,17)(H2,15,18,19). The van der Waals surface area contributed by atoms with Crippen LogP contribution < -0.4 is 10.5 Å². The van der Waals surface area contributed by atoms with Crippen LogP contribution in [0, 0.1) is 0 Å². The van der Waals surface area contributed by atoms with E-state index in [-0.39, 0.29) is 22.5 Å². The first kappa shape index (κ1) is 16.4. The molecule has 1 aliphatic rings. The highest BCUT2D eigenvalue weighted by molar-refractivity contribution is 9.10. The number of halogens is 1. The van der Waals surface area contributed by atoms with Gasteiger partial charge in [-0.3, -0.25) is 4.79 Å². The Morgan fingerprint density at radius 2 is 2.24 bits per heavy atom. The van der Waals surface area contributed by atoms with E-state index >= 15 is 0 Å². The third-order valence-corrected chi connectivity index (χ3v) is 5.18. The molecule has 1 heterocycles. The van der Waals surface area contributed by atoms with Gasteiger partial charge in [0.1, 0.15) is 0 Å². The minimum atomic E-state index is -3.87. The Hall–Kier alpha value is -0.960. The van der Waals surface area contributed by atoms with Crippen LogP contribution >= 0.6 is 15.9 Å². The van der Waals surface area contributed by atoms with Crippen LogP contribution in [0.4, 0.5) is 0 Å². The largest absolute Gasteiger partial charge is 0.378 e. The summed E-state index contributed by atoms with van der Waals surface area (Å²) in [4.78, 5) is 11.9. The smallest absolute Gasteiger partial charge is 0.251 e. The lowest BCUT2D eigenvalue weighted by Crippen LogP contribution is -2.27. The van der Waals surface area contributed by atoms with Crippen molar-refractivity contribution in [2.75, 3.05) is 13.2 Å². The fourth-order valence-electron chi connectivity index (χ4n) is 2.18. The molecule has 1 atom stereocenters. The number of rotatable bonds is 5. The van der Waals surface area contributed by atoms with Gasteiger partial charge >= 0.3 is 0 Å². The van der Waals surface area contributed by atoms with E-state index in [1.54, 1.807) is 6.07 Å².